The van der Waals surface area contributed by atoms with E-state index >= 15 is 0 Å². The molecule has 9 nitrogen and oxygen atoms in total. The van der Waals surface area contributed by atoms with Gasteiger partial charge in [0, 0.05) is 32.6 Å². The Morgan fingerprint density at radius 2 is 1.80 bits per heavy atom. The van der Waals surface area contributed by atoms with Gasteiger partial charge in [-0.2, -0.15) is 4.31 Å². The highest BCUT2D eigenvalue weighted by atomic mass is 32.2. The molecule has 1 heterocycles. The lowest BCUT2D eigenvalue weighted by atomic mass is 10.2. The first-order valence-corrected chi connectivity index (χ1v) is 8.88. The number of piperazine rings is 1. The van der Waals surface area contributed by atoms with E-state index in [1.165, 1.54) is 44.2 Å². The zero-order valence-corrected chi connectivity index (χ0v) is 14.9. The summed E-state index contributed by atoms with van der Waals surface area (Å²) in [6.07, 6.45) is 0. The van der Waals surface area contributed by atoms with Crippen molar-refractivity contribution in [3.63, 3.8) is 0 Å². The van der Waals surface area contributed by atoms with E-state index < -0.39 is 22.0 Å². The third kappa shape index (κ3) is 3.69. The van der Waals surface area contributed by atoms with E-state index in [-0.39, 0.29) is 36.2 Å². The lowest BCUT2D eigenvalue weighted by molar-refractivity contribution is -0.145. The average molecular weight is 372 g/mol. The molecule has 138 valence electrons. The SMILES string of the molecule is COc1ccc(S(=O)(=O)N2CCN(C(C)=O)CC2C(=O)O)cc1OC. The van der Waals surface area contributed by atoms with Crippen molar-refractivity contribution in [3.05, 3.63) is 18.2 Å². The number of aliphatic carboxylic acids is 1. The van der Waals surface area contributed by atoms with Gasteiger partial charge < -0.3 is 19.5 Å². The van der Waals surface area contributed by atoms with Gasteiger partial charge in [-0.15, -0.1) is 0 Å². The number of carboxylic acids is 1. The van der Waals surface area contributed by atoms with Gasteiger partial charge in [-0.05, 0) is 12.1 Å². The molecule has 1 atom stereocenters. The van der Waals surface area contributed by atoms with Crippen LogP contribution >= 0.6 is 0 Å². The van der Waals surface area contributed by atoms with Gasteiger partial charge in [0.1, 0.15) is 6.04 Å². The van der Waals surface area contributed by atoms with Gasteiger partial charge in [-0.3, -0.25) is 9.59 Å². The van der Waals surface area contributed by atoms with Crippen LogP contribution in [0.15, 0.2) is 23.1 Å². The van der Waals surface area contributed by atoms with Crippen LogP contribution in [0.25, 0.3) is 0 Å². The number of hydrogen-bond donors (Lipinski definition) is 1. The molecule has 0 spiro atoms. The minimum Gasteiger partial charge on any atom is -0.493 e. The first-order chi connectivity index (χ1) is 11.7. The number of rotatable bonds is 5. The second-order valence-electron chi connectivity index (χ2n) is 5.45. The van der Waals surface area contributed by atoms with E-state index in [1.54, 1.807) is 0 Å². The predicted octanol–water partition coefficient (Wildman–Crippen LogP) is 0.00980. The van der Waals surface area contributed by atoms with Crippen LogP contribution in [0.4, 0.5) is 0 Å². The van der Waals surface area contributed by atoms with Gasteiger partial charge in [0.25, 0.3) is 0 Å². The van der Waals surface area contributed by atoms with Crippen molar-refractivity contribution < 1.29 is 32.6 Å². The molecule has 25 heavy (non-hydrogen) atoms. The quantitative estimate of drug-likeness (QED) is 0.774. The number of carbonyl (C=O) groups excluding carboxylic acids is 1. The summed E-state index contributed by atoms with van der Waals surface area (Å²) in [5, 5.41) is 9.41. The van der Waals surface area contributed by atoms with E-state index in [1.807, 2.05) is 0 Å². The Labute approximate surface area is 145 Å². The molecule has 0 aliphatic carbocycles. The molecule has 1 aromatic carbocycles. The summed E-state index contributed by atoms with van der Waals surface area (Å²) >= 11 is 0. The molecule has 0 radical (unpaired) electrons. The largest absolute Gasteiger partial charge is 0.493 e. The van der Waals surface area contributed by atoms with Crippen molar-refractivity contribution in [3.8, 4) is 11.5 Å². The zero-order chi connectivity index (χ0) is 18.8. The maximum atomic E-state index is 12.9. The molecule has 1 saturated heterocycles. The monoisotopic (exact) mass is 372 g/mol. The van der Waals surface area contributed by atoms with Crippen molar-refractivity contribution >= 4 is 21.9 Å². The first-order valence-electron chi connectivity index (χ1n) is 7.44. The summed E-state index contributed by atoms with van der Waals surface area (Å²) in [5.41, 5.74) is 0. The Morgan fingerprint density at radius 3 is 2.32 bits per heavy atom. The van der Waals surface area contributed by atoms with Crippen LogP contribution in [0.3, 0.4) is 0 Å². The number of nitrogens with zero attached hydrogens (tertiary/aromatic N) is 2. The molecule has 10 heteroatoms. The van der Waals surface area contributed by atoms with Crippen LogP contribution in [0, 0.1) is 0 Å². The summed E-state index contributed by atoms with van der Waals surface area (Å²) in [7, 11) is -1.28. The van der Waals surface area contributed by atoms with Crippen LogP contribution in [-0.4, -0.2) is 74.5 Å². The Kier molecular flexibility index (Phi) is 5.53. The van der Waals surface area contributed by atoms with Crippen LogP contribution in [0.1, 0.15) is 6.92 Å². The van der Waals surface area contributed by atoms with Gasteiger partial charge in [0.2, 0.25) is 15.9 Å². The molecule has 1 aliphatic heterocycles. The fourth-order valence-corrected chi connectivity index (χ4v) is 4.23. The van der Waals surface area contributed by atoms with Gasteiger partial charge >= 0.3 is 5.97 Å². The number of sulfonamides is 1. The fraction of sp³-hybridized carbons (Fsp3) is 0.467. The number of benzene rings is 1. The maximum Gasteiger partial charge on any atom is 0.323 e. The molecule has 1 N–H and O–H groups in total. The maximum absolute atomic E-state index is 12.9. The summed E-state index contributed by atoms with van der Waals surface area (Å²) in [6, 6.07) is 2.70. The van der Waals surface area contributed by atoms with Gasteiger partial charge in [0.05, 0.1) is 19.1 Å². The van der Waals surface area contributed by atoms with Gasteiger partial charge in [-0.1, -0.05) is 0 Å². The van der Waals surface area contributed by atoms with E-state index in [9.17, 15) is 23.1 Å². The third-order valence-electron chi connectivity index (χ3n) is 4.02. The van der Waals surface area contributed by atoms with Crippen LogP contribution in [0.2, 0.25) is 0 Å². The van der Waals surface area contributed by atoms with Crippen LogP contribution in [-0.2, 0) is 19.6 Å². The number of ether oxygens (including phenoxy) is 2. The number of carboxylic acid groups (broad SMARTS) is 1. The minimum atomic E-state index is -4.08. The van der Waals surface area contributed by atoms with Gasteiger partial charge in [-0.25, -0.2) is 8.42 Å². The third-order valence-corrected chi connectivity index (χ3v) is 5.93. The molecular formula is C15H20N2O7S. The predicted molar refractivity (Wildman–Crippen MR) is 87.1 cm³/mol. The molecule has 1 aliphatic rings. The smallest absolute Gasteiger partial charge is 0.323 e. The summed E-state index contributed by atoms with van der Waals surface area (Å²) in [4.78, 5) is 24.2. The van der Waals surface area contributed by atoms with E-state index in [0.717, 1.165) is 4.31 Å². The molecule has 0 saturated carbocycles. The molecule has 2 rings (SSSR count). The number of carbonyl (C=O) groups is 2. The molecule has 1 aromatic rings. The Bertz CT molecular complexity index is 778. The second-order valence-corrected chi connectivity index (χ2v) is 7.34. The van der Waals surface area contributed by atoms with Crippen LogP contribution < -0.4 is 9.47 Å². The van der Waals surface area contributed by atoms with Crippen LogP contribution in [0.5, 0.6) is 11.5 Å². The highest BCUT2D eigenvalue weighted by Gasteiger charge is 2.41. The van der Waals surface area contributed by atoms with Crippen molar-refractivity contribution in [1.82, 2.24) is 9.21 Å². The fourth-order valence-electron chi connectivity index (χ4n) is 2.65. The topological polar surface area (TPSA) is 113 Å². The molecule has 0 bridgehead atoms. The highest BCUT2D eigenvalue weighted by Crippen LogP contribution is 2.31. The summed E-state index contributed by atoms with van der Waals surface area (Å²) in [5.74, 6) is -1.03. The Balaban J connectivity index is 2.41. The normalized spacial score (nSPS) is 18.7. The lowest BCUT2D eigenvalue weighted by Crippen LogP contribution is -2.58. The molecular weight excluding hydrogens is 352 g/mol. The van der Waals surface area contributed by atoms with Gasteiger partial charge in [0.15, 0.2) is 11.5 Å². The average Bonchev–Trinajstić information content (AvgIpc) is 2.60. The minimum absolute atomic E-state index is 0.104. The number of methoxy groups -OCH3 is 2. The summed E-state index contributed by atoms with van der Waals surface area (Å²) in [6.45, 7) is 1.15. The zero-order valence-electron chi connectivity index (χ0n) is 14.1. The standard InChI is InChI=1S/C15H20N2O7S/c1-10(18)16-6-7-17(12(9-16)15(19)20)25(21,22)11-4-5-13(23-2)14(8-11)24-3/h4-5,8,12H,6-7,9H2,1-3H3,(H,19,20). The van der Waals surface area contributed by atoms with E-state index in [2.05, 4.69) is 0 Å². The molecule has 1 amide bonds. The number of hydrogen-bond acceptors (Lipinski definition) is 6. The van der Waals surface area contributed by atoms with Crippen molar-refractivity contribution in [2.45, 2.75) is 17.9 Å². The molecule has 0 aromatic heterocycles. The molecule has 1 unspecified atom stereocenters. The Hall–Kier alpha value is -2.33. The number of amides is 1. The lowest BCUT2D eigenvalue weighted by Gasteiger charge is -2.38. The van der Waals surface area contributed by atoms with Crippen molar-refractivity contribution in [1.29, 1.82) is 0 Å². The molecule has 1 fully saturated rings. The second kappa shape index (κ2) is 7.28. The first kappa shape index (κ1) is 19.0. The van der Waals surface area contributed by atoms with E-state index in [0.29, 0.717) is 5.75 Å². The van der Waals surface area contributed by atoms with E-state index in [4.69, 9.17) is 9.47 Å². The Morgan fingerprint density at radius 1 is 1.16 bits per heavy atom. The van der Waals surface area contributed by atoms with Crippen molar-refractivity contribution in [2.75, 3.05) is 33.9 Å². The van der Waals surface area contributed by atoms with Crippen molar-refractivity contribution in [2.24, 2.45) is 0 Å². The summed E-state index contributed by atoms with van der Waals surface area (Å²) < 4.78 is 36.9. The highest BCUT2D eigenvalue weighted by molar-refractivity contribution is 7.89.